The third kappa shape index (κ3) is 5.19. The van der Waals surface area contributed by atoms with E-state index in [0.29, 0.717) is 12.1 Å². The molecule has 0 heterocycles. The average Bonchev–Trinajstić information content (AvgIpc) is 3.02. The molecule has 0 saturated heterocycles. The maximum Gasteiger partial charge on any atom is 0.255 e. The quantitative estimate of drug-likeness (QED) is 0.149. The predicted octanol–water partition coefficient (Wildman–Crippen LogP) is 4.53. The van der Waals surface area contributed by atoms with E-state index in [-0.39, 0.29) is 36.1 Å². The van der Waals surface area contributed by atoms with Gasteiger partial charge in [0.15, 0.2) is 11.4 Å². The molecule has 3 aliphatic rings. The Bertz CT molecular complexity index is 1810. The molecule has 0 fully saturated rings. The lowest BCUT2D eigenvalue weighted by Gasteiger charge is -2.45. The minimum Gasteiger partial charge on any atom is -0.511 e. The lowest BCUT2D eigenvalue weighted by molar-refractivity contribution is -0.144. The molecule has 46 heavy (non-hydrogen) atoms. The second kappa shape index (κ2) is 12.2. The number of phenolic OH excluding ortho intramolecular Hbond substituents is 1. The molecular formula is C37H38N2O7. The third-order valence-electron chi connectivity index (χ3n) is 9.69. The van der Waals surface area contributed by atoms with Gasteiger partial charge < -0.3 is 31.5 Å². The van der Waals surface area contributed by atoms with Crippen LogP contribution >= 0.6 is 0 Å². The van der Waals surface area contributed by atoms with E-state index in [1.165, 1.54) is 11.6 Å². The number of aliphatic hydroxyl groups is 3. The highest BCUT2D eigenvalue weighted by molar-refractivity contribution is 6.24. The van der Waals surface area contributed by atoms with Crippen LogP contribution in [0.4, 0.5) is 0 Å². The molecule has 7 N–H and O–H groups in total. The number of hydrogen-bond acceptors (Lipinski definition) is 8. The normalized spacial score (nSPS) is 22.4. The number of benzene rings is 3. The van der Waals surface area contributed by atoms with Gasteiger partial charge in [-0.3, -0.25) is 14.4 Å². The molecule has 9 nitrogen and oxygen atoms in total. The van der Waals surface area contributed by atoms with Gasteiger partial charge in [-0.2, -0.15) is 0 Å². The highest BCUT2D eigenvalue weighted by Crippen LogP contribution is 2.52. The van der Waals surface area contributed by atoms with E-state index in [1.807, 2.05) is 24.3 Å². The van der Waals surface area contributed by atoms with Gasteiger partial charge >= 0.3 is 0 Å². The van der Waals surface area contributed by atoms with Crippen LogP contribution in [0.2, 0.25) is 0 Å². The molecule has 9 heteroatoms. The SMILES string of the molecule is CCCc1ccc(CNCCc2ccccc2)cc1-c1ccc(O)c2c1C[C@H]1C[C@H]3CC(O)=C(C(N)=O)C(=O)[C@@]3(O)C(O)=C1C2=O. The molecule has 0 aromatic heterocycles. The van der Waals surface area contributed by atoms with Crippen molar-refractivity contribution >= 4 is 17.5 Å². The Morgan fingerprint density at radius 2 is 1.72 bits per heavy atom. The Balaban J connectivity index is 1.37. The van der Waals surface area contributed by atoms with Crippen LogP contribution in [-0.4, -0.2) is 50.0 Å². The van der Waals surface area contributed by atoms with Gasteiger partial charge in [0.05, 0.1) is 5.56 Å². The van der Waals surface area contributed by atoms with E-state index in [0.717, 1.165) is 48.1 Å². The molecule has 0 aliphatic heterocycles. The number of aromatic hydroxyl groups is 1. The first-order chi connectivity index (χ1) is 22.1. The Morgan fingerprint density at radius 1 is 0.957 bits per heavy atom. The van der Waals surface area contributed by atoms with E-state index in [2.05, 4.69) is 42.6 Å². The molecular weight excluding hydrogens is 584 g/mol. The van der Waals surface area contributed by atoms with Crippen LogP contribution in [0.3, 0.4) is 0 Å². The van der Waals surface area contributed by atoms with E-state index in [1.54, 1.807) is 0 Å². The minimum absolute atomic E-state index is 0.0166. The summed E-state index contributed by atoms with van der Waals surface area (Å²) in [6.07, 6.45) is 2.69. The monoisotopic (exact) mass is 622 g/mol. The summed E-state index contributed by atoms with van der Waals surface area (Å²) in [7, 11) is 0. The van der Waals surface area contributed by atoms with Crippen molar-refractivity contribution in [1.82, 2.24) is 5.32 Å². The zero-order valence-electron chi connectivity index (χ0n) is 25.7. The van der Waals surface area contributed by atoms with E-state index in [4.69, 9.17) is 5.73 Å². The number of allylic oxidation sites excluding steroid dienone is 2. The average molecular weight is 623 g/mol. The number of nitrogens with two attached hydrogens (primary N) is 1. The number of nitrogens with one attached hydrogen (secondary N) is 1. The summed E-state index contributed by atoms with van der Waals surface area (Å²) in [5, 5.41) is 47.8. The van der Waals surface area contributed by atoms with Crippen LogP contribution in [0.25, 0.3) is 11.1 Å². The number of rotatable bonds is 9. The van der Waals surface area contributed by atoms with Gasteiger partial charge in [0.1, 0.15) is 22.8 Å². The molecule has 3 atom stereocenters. The lowest BCUT2D eigenvalue weighted by Crippen LogP contribution is -2.57. The first kappa shape index (κ1) is 31.3. The molecule has 0 unspecified atom stereocenters. The maximum atomic E-state index is 14.1. The highest BCUT2D eigenvalue weighted by atomic mass is 16.3. The van der Waals surface area contributed by atoms with Crippen LogP contribution < -0.4 is 11.1 Å². The number of hydrogen-bond donors (Lipinski definition) is 6. The number of primary amides is 1. The Hall–Kier alpha value is -4.73. The summed E-state index contributed by atoms with van der Waals surface area (Å²) in [6.45, 7) is 3.55. The van der Waals surface area contributed by atoms with Crippen LogP contribution in [0.1, 0.15) is 58.8 Å². The van der Waals surface area contributed by atoms with Crippen LogP contribution in [0.5, 0.6) is 5.75 Å². The van der Waals surface area contributed by atoms with Crippen molar-refractivity contribution in [3.63, 3.8) is 0 Å². The van der Waals surface area contributed by atoms with Gasteiger partial charge in [-0.25, -0.2) is 0 Å². The fourth-order valence-corrected chi connectivity index (χ4v) is 7.45. The van der Waals surface area contributed by atoms with E-state index in [9.17, 15) is 34.8 Å². The Kier molecular flexibility index (Phi) is 8.31. The summed E-state index contributed by atoms with van der Waals surface area (Å²) in [5.74, 6) is -6.37. The van der Waals surface area contributed by atoms with Gasteiger partial charge in [-0.15, -0.1) is 0 Å². The lowest BCUT2D eigenvalue weighted by atomic mass is 9.60. The molecule has 0 spiro atoms. The van der Waals surface area contributed by atoms with Crippen molar-refractivity contribution in [1.29, 1.82) is 0 Å². The molecule has 3 aliphatic carbocycles. The summed E-state index contributed by atoms with van der Waals surface area (Å²) in [4.78, 5) is 39.2. The molecule has 0 radical (unpaired) electrons. The molecule has 3 aromatic carbocycles. The van der Waals surface area contributed by atoms with Gasteiger partial charge in [0.25, 0.3) is 5.91 Å². The van der Waals surface area contributed by atoms with Crippen molar-refractivity contribution in [3.05, 3.63) is 111 Å². The third-order valence-corrected chi connectivity index (χ3v) is 9.69. The van der Waals surface area contributed by atoms with E-state index < -0.39 is 52.0 Å². The predicted molar refractivity (Wildman–Crippen MR) is 172 cm³/mol. The fourth-order valence-electron chi connectivity index (χ4n) is 7.45. The smallest absolute Gasteiger partial charge is 0.255 e. The molecule has 1 amide bonds. The number of aryl methyl sites for hydroxylation is 1. The zero-order valence-corrected chi connectivity index (χ0v) is 25.7. The largest absolute Gasteiger partial charge is 0.511 e. The van der Waals surface area contributed by atoms with Crippen LogP contribution in [-0.2, 0) is 35.4 Å². The second-order valence-corrected chi connectivity index (χ2v) is 12.6. The van der Waals surface area contributed by atoms with Crippen LogP contribution in [0, 0.1) is 11.8 Å². The Labute approximate surface area is 267 Å². The number of amides is 1. The second-order valence-electron chi connectivity index (χ2n) is 12.6. The zero-order chi connectivity index (χ0) is 32.7. The number of fused-ring (bicyclic) bond motifs is 3. The number of carbonyl (C=O) groups excluding carboxylic acids is 3. The first-order valence-corrected chi connectivity index (χ1v) is 15.7. The minimum atomic E-state index is -2.58. The first-order valence-electron chi connectivity index (χ1n) is 15.7. The van der Waals surface area contributed by atoms with Gasteiger partial charge in [-0.05, 0) is 83.7 Å². The molecule has 3 aromatic rings. The van der Waals surface area contributed by atoms with Gasteiger partial charge in [0, 0.05) is 24.5 Å². The highest BCUT2D eigenvalue weighted by Gasteiger charge is 2.59. The van der Waals surface area contributed by atoms with Gasteiger partial charge in [-0.1, -0.05) is 61.9 Å². The van der Waals surface area contributed by atoms with Crippen LogP contribution in [0.15, 0.2) is 83.3 Å². The van der Waals surface area contributed by atoms with E-state index >= 15 is 0 Å². The number of aliphatic hydroxyl groups excluding tert-OH is 2. The maximum absolute atomic E-state index is 14.1. The number of carbonyl (C=O) groups is 3. The number of phenols is 1. The van der Waals surface area contributed by atoms with Crippen molar-refractivity contribution in [3.8, 4) is 16.9 Å². The standard InChI is InChI=1S/C37H38N2O7/c1-2-6-22-10-9-21(19-39-14-13-20-7-4-3-5-8-20)15-26(22)25-11-12-28(40)31-27(25)17-23-16-24-18-29(41)32(36(38)45)35(44)37(24,46)34(43)30(23)33(31)42/h3-5,7-12,15,23-24,39-41,43,46H,2,6,13-14,16-19H2,1H3,(H2,38,45)/t23-,24+,37+/m1/s1. The fraction of sp³-hybridized carbons (Fsp3) is 0.324. The van der Waals surface area contributed by atoms with Gasteiger partial charge in [0.2, 0.25) is 5.78 Å². The van der Waals surface area contributed by atoms with Crippen molar-refractivity contribution < 1.29 is 34.8 Å². The summed E-state index contributed by atoms with van der Waals surface area (Å²) in [5.41, 5.74) is 7.60. The number of Topliss-reactive ketones (excluding diaryl/α,β-unsaturated/α-hetero) is 2. The molecule has 0 saturated carbocycles. The topological polar surface area (TPSA) is 170 Å². The molecule has 6 rings (SSSR count). The summed E-state index contributed by atoms with van der Waals surface area (Å²) < 4.78 is 0. The molecule has 238 valence electrons. The Morgan fingerprint density at radius 3 is 2.43 bits per heavy atom. The van der Waals surface area contributed by atoms with Crippen molar-refractivity contribution in [2.24, 2.45) is 17.6 Å². The summed E-state index contributed by atoms with van der Waals surface area (Å²) in [6, 6.07) is 19.9. The van der Waals surface area contributed by atoms with Crippen molar-refractivity contribution in [2.75, 3.05) is 6.54 Å². The molecule has 0 bridgehead atoms. The summed E-state index contributed by atoms with van der Waals surface area (Å²) >= 11 is 0. The number of ketones is 2. The van der Waals surface area contributed by atoms with Crippen molar-refractivity contribution in [2.45, 2.75) is 57.6 Å².